The van der Waals surface area contributed by atoms with Crippen molar-refractivity contribution in [2.45, 2.75) is 19.3 Å². The van der Waals surface area contributed by atoms with E-state index in [1.165, 1.54) is 0 Å². The van der Waals surface area contributed by atoms with Crippen molar-refractivity contribution in [3.8, 4) is 0 Å². The van der Waals surface area contributed by atoms with Crippen LogP contribution in [0.2, 0.25) is 0 Å². The van der Waals surface area contributed by atoms with E-state index in [2.05, 4.69) is 15.9 Å². The van der Waals surface area contributed by atoms with Gasteiger partial charge in [0.2, 0.25) is 0 Å². The topological polar surface area (TPSA) is 43.1 Å². The average molecular weight is 274 g/mol. The van der Waals surface area contributed by atoms with Crippen LogP contribution in [0.25, 0.3) is 0 Å². The highest BCUT2D eigenvalue weighted by Crippen LogP contribution is 2.46. The number of Topliss-reactive ketones (excluding diaryl/α,β-unsaturated/α-hetero) is 1. The predicted octanol–water partition coefficient (Wildman–Crippen LogP) is 2.36. The third-order valence-electron chi connectivity index (χ3n) is 2.85. The quantitative estimate of drug-likeness (QED) is 0.915. The molecule has 4 heteroatoms. The monoisotopic (exact) mass is 273 g/mol. The first-order valence-electron chi connectivity index (χ1n) is 4.63. The first-order chi connectivity index (χ1) is 6.68. The third kappa shape index (κ3) is 1.78. The highest BCUT2D eigenvalue weighted by molar-refractivity contribution is 9.10. The standard InChI is InChI=1S/C10H12BrNOS/c11-7-1-4-14-8(7)5-9(13)10(6-12)2-3-10/h1,4H,2-3,5-6,12H2. The van der Waals surface area contributed by atoms with Crippen molar-refractivity contribution in [2.24, 2.45) is 11.1 Å². The zero-order valence-corrected chi connectivity index (χ0v) is 10.2. The molecule has 1 aliphatic rings. The molecule has 1 aliphatic carbocycles. The lowest BCUT2D eigenvalue weighted by Crippen LogP contribution is -2.26. The number of hydrogen-bond donors (Lipinski definition) is 1. The molecule has 1 heterocycles. The Balaban J connectivity index is 2.05. The van der Waals surface area contributed by atoms with Gasteiger partial charge < -0.3 is 5.73 Å². The van der Waals surface area contributed by atoms with Gasteiger partial charge >= 0.3 is 0 Å². The molecule has 0 aliphatic heterocycles. The van der Waals surface area contributed by atoms with Crippen molar-refractivity contribution >= 4 is 33.0 Å². The van der Waals surface area contributed by atoms with E-state index < -0.39 is 0 Å². The summed E-state index contributed by atoms with van der Waals surface area (Å²) >= 11 is 5.05. The Morgan fingerprint density at radius 3 is 2.79 bits per heavy atom. The van der Waals surface area contributed by atoms with Gasteiger partial charge in [-0.3, -0.25) is 4.79 Å². The van der Waals surface area contributed by atoms with Gasteiger partial charge in [0.25, 0.3) is 0 Å². The minimum atomic E-state index is -0.163. The molecular weight excluding hydrogens is 262 g/mol. The van der Waals surface area contributed by atoms with Gasteiger partial charge in [-0.1, -0.05) is 0 Å². The van der Waals surface area contributed by atoms with Crippen molar-refractivity contribution in [2.75, 3.05) is 6.54 Å². The Morgan fingerprint density at radius 2 is 2.36 bits per heavy atom. The lowest BCUT2D eigenvalue weighted by atomic mass is 9.98. The molecule has 0 amide bonds. The number of nitrogens with two attached hydrogens (primary N) is 1. The maximum absolute atomic E-state index is 11.9. The van der Waals surface area contributed by atoms with Crippen molar-refractivity contribution in [1.82, 2.24) is 0 Å². The maximum atomic E-state index is 11.9. The van der Waals surface area contributed by atoms with E-state index in [1.54, 1.807) is 11.3 Å². The van der Waals surface area contributed by atoms with E-state index in [0.717, 1.165) is 22.2 Å². The van der Waals surface area contributed by atoms with Crippen molar-refractivity contribution in [3.63, 3.8) is 0 Å². The molecule has 2 nitrogen and oxygen atoms in total. The molecule has 0 saturated heterocycles. The molecule has 1 aromatic heterocycles. The molecule has 1 aromatic rings. The Hall–Kier alpha value is -0.190. The minimum absolute atomic E-state index is 0.163. The van der Waals surface area contributed by atoms with Crippen LogP contribution in [0.3, 0.4) is 0 Å². The summed E-state index contributed by atoms with van der Waals surface area (Å²) in [5.74, 6) is 0.308. The first kappa shape index (κ1) is 10.3. The molecule has 0 spiro atoms. The molecule has 2 N–H and O–H groups in total. The van der Waals surface area contributed by atoms with Gasteiger partial charge in [0.15, 0.2) is 0 Å². The predicted molar refractivity (Wildman–Crippen MR) is 61.5 cm³/mol. The molecule has 2 rings (SSSR count). The van der Waals surface area contributed by atoms with Crippen LogP contribution < -0.4 is 5.73 Å². The van der Waals surface area contributed by atoms with Gasteiger partial charge in [0, 0.05) is 27.7 Å². The largest absolute Gasteiger partial charge is 0.329 e. The van der Waals surface area contributed by atoms with E-state index >= 15 is 0 Å². The number of rotatable bonds is 4. The SMILES string of the molecule is NCC1(C(=O)Cc2sccc2Br)CC1. The molecular formula is C10H12BrNOS. The zero-order chi connectivity index (χ0) is 10.2. The summed E-state index contributed by atoms with van der Waals surface area (Å²) in [4.78, 5) is 13.0. The number of thiophene rings is 1. The van der Waals surface area contributed by atoms with Crippen LogP contribution in [0.4, 0.5) is 0 Å². The minimum Gasteiger partial charge on any atom is -0.329 e. The second-order valence-corrected chi connectivity index (χ2v) is 5.63. The lowest BCUT2D eigenvalue weighted by Gasteiger charge is -2.09. The molecule has 0 bridgehead atoms. The Bertz CT molecular complexity index is 357. The fourth-order valence-corrected chi connectivity index (χ4v) is 3.02. The van der Waals surface area contributed by atoms with Crippen molar-refractivity contribution in [3.05, 3.63) is 20.8 Å². The first-order valence-corrected chi connectivity index (χ1v) is 6.30. The summed E-state index contributed by atoms with van der Waals surface area (Å²) in [5.41, 5.74) is 5.44. The van der Waals surface area contributed by atoms with Gasteiger partial charge in [-0.25, -0.2) is 0 Å². The highest BCUT2D eigenvalue weighted by Gasteiger charge is 2.47. The summed E-state index contributed by atoms with van der Waals surface area (Å²) < 4.78 is 1.05. The molecule has 1 fully saturated rings. The van der Waals surface area contributed by atoms with E-state index in [9.17, 15) is 4.79 Å². The maximum Gasteiger partial charge on any atom is 0.145 e. The summed E-state index contributed by atoms with van der Waals surface area (Å²) in [5, 5.41) is 1.99. The number of carbonyl (C=O) groups excluding carboxylic acids is 1. The summed E-state index contributed by atoms with van der Waals surface area (Å²) in [6, 6.07) is 1.98. The van der Waals surface area contributed by atoms with Gasteiger partial charge in [-0.15, -0.1) is 11.3 Å². The molecule has 76 valence electrons. The average Bonchev–Trinajstić information content (AvgIpc) is 2.89. The van der Waals surface area contributed by atoms with Crippen molar-refractivity contribution < 1.29 is 4.79 Å². The Kier molecular flexibility index (Phi) is 2.77. The van der Waals surface area contributed by atoms with E-state index in [-0.39, 0.29) is 5.41 Å². The highest BCUT2D eigenvalue weighted by atomic mass is 79.9. The fourth-order valence-electron chi connectivity index (χ4n) is 1.53. The number of hydrogen-bond acceptors (Lipinski definition) is 3. The van der Waals surface area contributed by atoms with Crippen LogP contribution >= 0.6 is 27.3 Å². The van der Waals surface area contributed by atoms with Gasteiger partial charge in [0.1, 0.15) is 5.78 Å². The van der Waals surface area contributed by atoms with E-state index in [4.69, 9.17) is 5.73 Å². The second kappa shape index (κ2) is 3.76. The molecule has 0 atom stereocenters. The van der Waals surface area contributed by atoms with Crippen LogP contribution in [0.15, 0.2) is 15.9 Å². The molecule has 0 aromatic carbocycles. The smallest absolute Gasteiger partial charge is 0.145 e. The summed E-state index contributed by atoms with van der Waals surface area (Å²) in [6.45, 7) is 0.509. The number of ketones is 1. The molecule has 0 unspecified atom stereocenters. The third-order valence-corrected chi connectivity index (χ3v) is 4.77. The van der Waals surface area contributed by atoms with Gasteiger partial charge in [0.05, 0.1) is 0 Å². The van der Waals surface area contributed by atoms with E-state index in [1.807, 2.05) is 11.4 Å². The zero-order valence-electron chi connectivity index (χ0n) is 7.75. The van der Waals surface area contributed by atoms with Crippen LogP contribution in [0, 0.1) is 5.41 Å². The molecule has 14 heavy (non-hydrogen) atoms. The van der Waals surface area contributed by atoms with Crippen LogP contribution in [-0.4, -0.2) is 12.3 Å². The van der Waals surface area contributed by atoms with E-state index in [0.29, 0.717) is 18.7 Å². The molecule has 0 radical (unpaired) electrons. The van der Waals surface area contributed by atoms with Crippen LogP contribution in [0.5, 0.6) is 0 Å². The summed E-state index contributed by atoms with van der Waals surface area (Å²) in [7, 11) is 0. The summed E-state index contributed by atoms with van der Waals surface area (Å²) in [6.07, 6.45) is 2.49. The van der Waals surface area contributed by atoms with Gasteiger partial charge in [-0.05, 0) is 40.2 Å². The van der Waals surface area contributed by atoms with Gasteiger partial charge in [-0.2, -0.15) is 0 Å². The van der Waals surface area contributed by atoms with Crippen LogP contribution in [-0.2, 0) is 11.2 Å². The van der Waals surface area contributed by atoms with Crippen molar-refractivity contribution in [1.29, 1.82) is 0 Å². The molecule has 1 saturated carbocycles. The number of halogens is 1. The second-order valence-electron chi connectivity index (χ2n) is 3.78. The van der Waals surface area contributed by atoms with Crippen LogP contribution in [0.1, 0.15) is 17.7 Å². The Morgan fingerprint density at radius 1 is 1.64 bits per heavy atom. The number of carbonyl (C=O) groups is 1. The Labute approximate surface area is 95.6 Å². The fraction of sp³-hybridized carbons (Fsp3) is 0.500. The normalized spacial score (nSPS) is 18.1. The lowest BCUT2D eigenvalue weighted by molar-refractivity contribution is -0.123.